The van der Waals surface area contributed by atoms with E-state index in [2.05, 4.69) is 38.5 Å². The Morgan fingerprint density at radius 1 is 1.06 bits per heavy atom. The van der Waals surface area contributed by atoms with Gasteiger partial charge in [0.1, 0.15) is 5.75 Å². The molecule has 0 saturated heterocycles. The van der Waals surface area contributed by atoms with Gasteiger partial charge in [0.25, 0.3) is 0 Å². The highest BCUT2D eigenvalue weighted by atomic mass is 127. The molecule has 2 nitrogen and oxygen atoms in total. The van der Waals surface area contributed by atoms with E-state index in [4.69, 9.17) is 4.74 Å². The van der Waals surface area contributed by atoms with E-state index in [0.717, 1.165) is 8.04 Å². The Bertz CT molecular complexity index is 535. The molecule has 2 aromatic rings. The lowest BCUT2D eigenvalue weighted by atomic mass is 10.1. The maximum atomic E-state index is 11.9. The molecule has 4 heteroatoms. The van der Waals surface area contributed by atoms with Crippen molar-refractivity contribution >= 4 is 44.3 Å². The average molecular weight is 417 g/mol. The predicted molar refractivity (Wildman–Crippen MR) is 83.1 cm³/mol. The zero-order chi connectivity index (χ0) is 13.0. The van der Waals surface area contributed by atoms with Crippen LogP contribution in [0.4, 0.5) is 0 Å². The molecule has 0 aliphatic carbocycles. The highest BCUT2D eigenvalue weighted by molar-refractivity contribution is 14.1. The van der Waals surface area contributed by atoms with Gasteiger partial charge in [-0.25, -0.2) is 0 Å². The largest absolute Gasteiger partial charge is 0.485 e. The van der Waals surface area contributed by atoms with Crippen molar-refractivity contribution in [3.8, 4) is 5.75 Å². The Morgan fingerprint density at radius 3 is 2.28 bits per heavy atom. The summed E-state index contributed by atoms with van der Waals surface area (Å²) < 4.78 is 7.54. The van der Waals surface area contributed by atoms with Gasteiger partial charge in [0, 0.05) is 13.6 Å². The van der Waals surface area contributed by atoms with Crippen molar-refractivity contribution in [3.63, 3.8) is 0 Å². The van der Waals surface area contributed by atoms with E-state index in [-0.39, 0.29) is 12.4 Å². The second-order valence-corrected chi connectivity index (χ2v) is 5.83. The number of ketones is 1. The van der Waals surface area contributed by atoms with Gasteiger partial charge >= 0.3 is 0 Å². The number of carbonyl (C=O) groups is 1. The van der Waals surface area contributed by atoms with Crippen LogP contribution in [-0.2, 0) is 0 Å². The molecular weight excluding hydrogens is 407 g/mol. The van der Waals surface area contributed by atoms with Crippen LogP contribution in [0, 0.1) is 3.57 Å². The Morgan fingerprint density at radius 2 is 1.67 bits per heavy atom. The number of rotatable bonds is 4. The van der Waals surface area contributed by atoms with Crippen molar-refractivity contribution in [1.82, 2.24) is 0 Å². The summed E-state index contributed by atoms with van der Waals surface area (Å²) in [6.07, 6.45) is 0. The van der Waals surface area contributed by atoms with Crippen molar-refractivity contribution in [2.45, 2.75) is 0 Å². The third-order valence-corrected chi connectivity index (χ3v) is 3.60. The van der Waals surface area contributed by atoms with Gasteiger partial charge in [-0.1, -0.05) is 28.1 Å². The van der Waals surface area contributed by atoms with E-state index in [1.165, 1.54) is 0 Å². The smallest absolute Gasteiger partial charge is 0.200 e. The van der Waals surface area contributed by atoms with E-state index >= 15 is 0 Å². The van der Waals surface area contributed by atoms with Crippen LogP contribution < -0.4 is 4.74 Å². The fourth-order valence-corrected chi connectivity index (χ4v) is 2.02. The molecule has 0 spiro atoms. The lowest BCUT2D eigenvalue weighted by molar-refractivity contribution is 0.0921. The Kier molecular flexibility index (Phi) is 4.77. The summed E-state index contributed by atoms with van der Waals surface area (Å²) in [4.78, 5) is 11.9. The minimum absolute atomic E-state index is 0.0268. The van der Waals surface area contributed by atoms with E-state index in [9.17, 15) is 4.79 Å². The Hall–Kier alpha value is -0.880. The summed E-state index contributed by atoms with van der Waals surface area (Å²) >= 11 is 5.56. The van der Waals surface area contributed by atoms with E-state index in [1.54, 1.807) is 12.1 Å². The molecule has 0 aromatic heterocycles. The number of halogens is 2. The van der Waals surface area contributed by atoms with E-state index < -0.39 is 0 Å². The summed E-state index contributed by atoms with van der Waals surface area (Å²) in [5.41, 5.74) is 0.656. The summed E-state index contributed by atoms with van der Waals surface area (Å²) in [5.74, 6) is 0.682. The second kappa shape index (κ2) is 6.33. The van der Waals surface area contributed by atoms with Crippen molar-refractivity contribution < 1.29 is 9.53 Å². The minimum atomic E-state index is -0.0268. The maximum absolute atomic E-state index is 11.9. The first-order valence-electron chi connectivity index (χ1n) is 5.32. The van der Waals surface area contributed by atoms with E-state index in [0.29, 0.717) is 11.3 Å². The molecule has 0 aliphatic rings. The highest BCUT2D eigenvalue weighted by Crippen LogP contribution is 2.15. The molecule has 2 rings (SSSR count). The van der Waals surface area contributed by atoms with Crippen LogP contribution in [0.2, 0.25) is 0 Å². The molecule has 0 unspecified atom stereocenters. The topological polar surface area (TPSA) is 26.3 Å². The first kappa shape index (κ1) is 13.5. The van der Waals surface area contributed by atoms with Gasteiger partial charge in [0.15, 0.2) is 12.4 Å². The van der Waals surface area contributed by atoms with Crippen LogP contribution in [-0.4, -0.2) is 12.4 Å². The minimum Gasteiger partial charge on any atom is -0.485 e. The van der Waals surface area contributed by atoms with Gasteiger partial charge in [-0.2, -0.15) is 0 Å². The molecular formula is C14H10BrIO2. The van der Waals surface area contributed by atoms with Crippen LogP contribution in [0.15, 0.2) is 53.0 Å². The summed E-state index contributed by atoms with van der Waals surface area (Å²) in [5, 5.41) is 0. The molecule has 0 aliphatic heterocycles. The lowest BCUT2D eigenvalue weighted by Gasteiger charge is -2.05. The third-order valence-electron chi connectivity index (χ3n) is 2.35. The molecule has 18 heavy (non-hydrogen) atoms. The molecule has 0 radical (unpaired) electrons. The molecule has 2 aromatic carbocycles. The normalized spacial score (nSPS) is 10.1. The summed E-state index contributed by atoms with van der Waals surface area (Å²) in [6, 6.07) is 14.9. The van der Waals surface area contributed by atoms with Crippen molar-refractivity contribution in [1.29, 1.82) is 0 Å². The number of carbonyl (C=O) groups excluding carboxylic acids is 1. The predicted octanol–water partition coefficient (Wildman–Crippen LogP) is 4.32. The SMILES string of the molecule is O=C(COc1ccc(I)cc1)c1ccc(Br)cc1. The lowest BCUT2D eigenvalue weighted by Crippen LogP contribution is -2.11. The number of ether oxygens (including phenoxy) is 1. The fraction of sp³-hybridized carbons (Fsp3) is 0.0714. The number of Topliss-reactive ketones (excluding diaryl/α,β-unsaturated/α-hetero) is 1. The van der Waals surface area contributed by atoms with Crippen LogP contribution in [0.25, 0.3) is 0 Å². The number of benzene rings is 2. The highest BCUT2D eigenvalue weighted by Gasteiger charge is 2.06. The molecule has 0 atom stereocenters. The van der Waals surface area contributed by atoms with Gasteiger partial charge in [-0.3, -0.25) is 4.79 Å². The van der Waals surface area contributed by atoms with Crippen LogP contribution in [0.1, 0.15) is 10.4 Å². The van der Waals surface area contributed by atoms with Crippen LogP contribution in [0.5, 0.6) is 5.75 Å². The Balaban J connectivity index is 1.96. The third kappa shape index (κ3) is 3.81. The molecule has 0 N–H and O–H groups in total. The monoisotopic (exact) mass is 416 g/mol. The molecule has 0 bridgehead atoms. The standard InChI is InChI=1S/C14H10BrIO2/c15-11-3-1-10(2-4-11)14(17)9-18-13-7-5-12(16)6-8-13/h1-8H,9H2. The van der Waals surface area contributed by atoms with Crippen LogP contribution >= 0.6 is 38.5 Å². The second-order valence-electron chi connectivity index (χ2n) is 3.67. The van der Waals surface area contributed by atoms with E-state index in [1.807, 2.05) is 36.4 Å². The fourth-order valence-electron chi connectivity index (χ4n) is 1.40. The zero-order valence-electron chi connectivity index (χ0n) is 9.40. The summed E-state index contributed by atoms with van der Waals surface area (Å²) in [7, 11) is 0. The van der Waals surface area contributed by atoms with Gasteiger partial charge in [0.05, 0.1) is 0 Å². The number of hydrogen-bond acceptors (Lipinski definition) is 2. The average Bonchev–Trinajstić information content (AvgIpc) is 2.38. The van der Waals surface area contributed by atoms with Crippen molar-refractivity contribution in [3.05, 3.63) is 62.1 Å². The summed E-state index contributed by atoms with van der Waals surface area (Å²) in [6.45, 7) is 0.0578. The van der Waals surface area contributed by atoms with Crippen molar-refractivity contribution in [2.24, 2.45) is 0 Å². The zero-order valence-corrected chi connectivity index (χ0v) is 13.1. The Labute approximate surface area is 128 Å². The molecule has 0 heterocycles. The first-order valence-corrected chi connectivity index (χ1v) is 7.19. The van der Waals surface area contributed by atoms with Crippen molar-refractivity contribution in [2.75, 3.05) is 6.61 Å². The van der Waals surface area contributed by atoms with Gasteiger partial charge < -0.3 is 4.74 Å². The van der Waals surface area contributed by atoms with Gasteiger partial charge in [-0.15, -0.1) is 0 Å². The van der Waals surface area contributed by atoms with Crippen LogP contribution in [0.3, 0.4) is 0 Å². The molecule has 92 valence electrons. The number of hydrogen-bond donors (Lipinski definition) is 0. The molecule has 0 fully saturated rings. The maximum Gasteiger partial charge on any atom is 0.200 e. The molecule has 0 amide bonds. The first-order chi connectivity index (χ1) is 8.65. The van der Waals surface area contributed by atoms with Gasteiger partial charge in [0.2, 0.25) is 0 Å². The molecule has 0 saturated carbocycles. The van der Waals surface area contributed by atoms with Gasteiger partial charge in [-0.05, 0) is 59.0 Å². The quantitative estimate of drug-likeness (QED) is 0.548.